The van der Waals surface area contributed by atoms with Gasteiger partial charge in [0.25, 0.3) is 5.79 Å². The maximum atomic E-state index is 11.2. The molecule has 1 atom stereocenters. The first-order valence-corrected chi connectivity index (χ1v) is 4.89. The predicted octanol–water partition coefficient (Wildman–Crippen LogP) is 1.30. The second kappa shape index (κ2) is 5.34. The first-order valence-electron chi connectivity index (χ1n) is 4.89. The number of carbonyl (C=O) groups is 2. The van der Waals surface area contributed by atoms with E-state index in [0.717, 1.165) is 0 Å². The third-order valence-corrected chi connectivity index (χ3v) is 1.98. The van der Waals surface area contributed by atoms with E-state index in [2.05, 4.69) is 6.58 Å². The van der Waals surface area contributed by atoms with Gasteiger partial charge >= 0.3 is 11.9 Å². The van der Waals surface area contributed by atoms with Gasteiger partial charge in [0.2, 0.25) is 0 Å². The summed E-state index contributed by atoms with van der Waals surface area (Å²) >= 11 is 0. The lowest BCUT2D eigenvalue weighted by atomic mass is 10.1. The Kier molecular flexibility index (Phi) is 4.10. The molecule has 1 aliphatic heterocycles. The van der Waals surface area contributed by atoms with E-state index < -0.39 is 11.8 Å². The van der Waals surface area contributed by atoms with Crippen LogP contribution in [-0.4, -0.2) is 24.3 Å². The lowest BCUT2D eigenvalue weighted by Gasteiger charge is -2.30. The van der Waals surface area contributed by atoms with Gasteiger partial charge in [-0.25, -0.2) is 4.79 Å². The van der Waals surface area contributed by atoms with Crippen LogP contribution in [0.2, 0.25) is 0 Å². The van der Waals surface area contributed by atoms with Gasteiger partial charge in [-0.1, -0.05) is 12.7 Å². The van der Waals surface area contributed by atoms with Crippen LogP contribution < -0.4 is 0 Å². The Morgan fingerprint density at radius 1 is 1.69 bits per heavy atom. The second-order valence-corrected chi connectivity index (χ2v) is 3.45. The van der Waals surface area contributed by atoms with Crippen molar-refractivity contribution in [2.24, 2.45) is 0 Å². The van der Waals surface area contributed by atoms with Gasteiger partial charge in [-0.15, -0.1) is 0 Å². The van der Waals surface area contributed by atoms with E-state index >= 15 is 0 Å². The highest BCUT2D eigenvalue weighted by molar-refractivity contribution is 5.82. The minimum Gasteiger partial charge on any atom is -0.461 e. The number of ether oxygens (including phenoxy) is 3. The Bertz CT molecular complexity index is 320. The highest BCUT2D eigenvalue weighted by atomic mass is 16.7. The van der Waals surface area contributed by atoms with Crippen molar-refractivity contribution < 1.29 is 23.8 Å². The van der Waals surface area contributed by atoms with Crippen LogP contribution in [0.1, 0.15) is 19.8 Å². The fraction of sp³-hybridized carbons (Fsp3) is 0.455. The van der Waals surface area contributed by atoms with Crippen LogP contribution in [0.5, 0.6) is 0 Å². The number of hydrogen-bond donors (Lipinski definition) is 0. The third-order valence-electron chi connectivity index (χ3n) is 1.98. The highest BCUT2D eigenvalue weighted by Crippen LogP contribution is 2.23. The van der Waals surface area contributed by atoms with E-state index in [1.54, 1.807) is 6.92 Å². The predicted molar refractivity (Wildman–Crippen MR) is 55.1 cm³/mol. The van der Waals surface area contributed by atoms with E-state index in [1.165, 1.54) is 18.4 Å². The van der Waals surface area contributed by atoms with Crippen LogP contribution in [0, 0.1) is 0 Å². The molecule has 0 aromatic carbocycles. The van der Waals surface area contributed by atoms with E-state index in [-0.39, 0.29) is 25.4 Å². The molecule has 0 amide bonds. The molecule has 0 saturated heterocycles. The van der Waals surface area contributed by atoms with Gasteiger partial charge < -0.3 is 14.2 Å². The fourth-order valence-corrected chi connectivity index (χ4v) is 1.17. The van der Waals surface area contributed by atoms with E-state index in [9.17, 15) is 9.59 Å². The molecule has 1 unspecified atom stereocenters. The molecule has 88 valence electrons. The average molecular weight is 226 g/mol. The maximum absolute atomic E-state index is 11.2. The van der Waals surface area contributed by atoms with Crippen LogP contribution in [0.25, 0.3) is 0 Å². The lowest BCUT2D eigenvalue weighted by Crippen LogP contribution is -2.36. The summed E-state index contributed by atoms with van der Waals surface area (Å²) in [6, 6.07) is 0. The average Bonchev–Trinajstić information content (AvgIpc) is 2.23. The minimum absolute atomic E-state index is 0.117. The van der Waals surface area contributed by atoms with Crippen molar-refractivity contribution in [2.75, 3.05) is 6.61 Å². The second-order valence-electron chi connectivity index (χ2n) is 3.45. The van der Waals surface area contributed by atoms with E-state index in [0.29, 0.717) is 0 Å². The number of hydrogen-bond acceptors (Lipinski definition) is 5. The molecule has 5 heteroatoms. The molecular formula is C11H14O5. The summed E-state index contributed by atoms with van der Waals surface area (Å²) in [5.41, 5.74) is 0. The molecular weight excluding hydrogens is 212 g/mol. The summed E-state index contributed by atoms with van der Waals surface area (Å²) in [6.07, 6.45) is 4.29. The lowest BCUT2D eigenvalue weighted by molar-refractivity contribution is -0.210. The normalized spacial score (nSPS) is 23.2. The van der Waals surface area contributed by atoms with Crippen molar-refractivity contribution in [3.05, 3.63) is 25.0 Å². The van der Waals surface area contributed by atoms with Crippen molar-refractivity contribution in [1.82, 2.24) is 0 Å². The molecule has 0 aliphatic carbocycles. The van der Waals surface area contributed by atoms with Crippen molar-refractivity contribution in [1.29, 1.82) is 0 Å². The van der Waals surface area contributed by atoms with Gasteiger partial charge in [0.15, 0.2) is 0 Å². The number of rotatable bonds is 5. The van der Waals surface area contributed by atoms with Gasteiger partial charge in [0, 0.05) is 13.3 Å². The molecule has 1 heterocycles. The van der Waals surface area contributed by atoms with Gasteiger partial charge in [-0.05, 0) is 0 Å². The van der Waals surface area contributed by atoms with Crippen LogP contribution in [0.3, 0.4) is 0 Å². The zero-order valence-electron chi connectivity index (χ0n) is 9.10. The van der Waals surface area contributed by atoms with E-state index in [1.807, 2.05) is 0 Å². The Morgan fingerprint density at radius 2 is 2.44 bits per heavy atom. The Hall–Kier alpha value is -1.78. The third kappa shape index (κ3) is 3.76. The van der Waals surface area contributed by atoms with Gasteiger partial charge in [0.05, 0.1) is 18.8 Å². The number of esters is 2. The molecule has 0 radical (unpaired) electrons. The monoisotopic (exact) mass is 226 g/mol. The van der Waals surface area contributed by atoms with Crippen LogP contribution in [-0.2, 0) is 23.8 Å². The van der Waals surface area contributed by atoms with Crippen LogP contribution in [0.15, 0.2) is 25.0 Å². The summed E-state index contributed by atoms with van der Waals surface area (Å²) in [7, 11) is 0. The molecule has 1 aliphatic rings. The van der Waals surface area contributed by atoms with Crippen LogP contribution in [0.4, 0.5) is 0 Å². The molecule has 0 N–H and O–H groups in total. The van der Waals surface area contributed by atoms with Gasteiger partial charge in [0.1, 0.15) is 6.61 Å². The zero-order valence-corrected chi connectivity index (χ0v) is 9.10. The molecule has 0 bridgehead atoms. The largest absolute Gasteiger partial charge is 0.461 e. The van der Waals surface area contributed by atoms with Crippen molar-refractivity contribution in [2.45, 2.75) is 25.6 Å². The Labute approximate surface area is 93.7 Å². The highest BCUT2D eigenvalue weighted by Gasteiger charge is 2.32. The molecule has 0 aromatic rings. The molecule has 5 nitrogen and oxygen atoms in total. The summed E-state index contributed by atoms with van der Waals surface area (Å²) < 4.78 is 14.9. The Morgan fingerprint density at radius 3 is 3.06 bits per heavy atom. The molecule has 1 rings (SSSR count). The quantitative estimate of drug-likeness (QED) is 0.522. The van der Waals surface area contributed by atoms with Crippen molar-refractivity contribution >= 4 is 11.9 Å². The summed E-state index contributed by atoms with van der Waals surface area (Å²) in [5, 5.41) is 0. The molecule has 0 fully saturated rings. The standard InChI is InChI=1S/C11H14O5/c1-3-7-14-9(12)4-6-11(2)15-8-5-10(13)16-11/h3,5,8H,1,4,6-7H2,2H3. The molecule has 0 spiro atoms. The topological polar surface area (TPSA) is 61.8 Å². The summed E-state index contributed by atoms with van der Waals surface area (Å²) in [4.78, 5) is 22.2. The first-order chi connectivity index (χ1) is 7.56. The van der Waals surface area contributed by atoms with Crippen LogP contribution >= 0.6 is 0 Å². The van der Waals surface area contributed by atoms with Crippen molar-refractivity contribution in [3.8, 4) is 0 Å². The summed E-state index contributed by atoms with van der Waals surface area (Å²) in [6.45, 7) is 5.19. The number of cyclic esters (lactones) is 1. The maximum Gasteiger partial charge on any atom is 0.337 e. The zero-order chi connectivity index (χ0) is 12.0. The first kappa shape index (κ1) is 12.3. The molecule has 0 aromatic heterocycles. The smallest absolute Gasteiger partial charge is 0.337 e. The SMILES string of the molecule is C=CCOC(=O)CCC1(C)OC=CC(=O)O1. The van der Waals surface area contributed by atoms with E-state index in [4.69, 9.17) is 14.2 Å². The van der Waals surface area contributed by atoms with Gasteiger partial charge in [-0.2, -0.15) is 0 Å². The van der Waals surface area contributed by atoms with Gasteiger partial charge in [-0.3, -0.25) is 4.79 Å². The fourth-order valence-electron chi connectivity index (χ4n) is 1.17. The molecule has 16 heavy (non-hydrogen) atoms. The minimum atomic E-state index is -1.08. The molecule has 0 saturated carbocycles. The summed E-state index contributed by atoms with van der Waals surface area (Å²) in [5.74, 6) is -1.94. The Balaban J connectivity index is 2.36. The number of carbonyl (C=O) groups excluding carboxylic acids is 2. The van der Waals surface area contributed by atoms with Crippen molar-refractivity contribution in [3.63, 3.8) is 0 Å².